The van der Waals surface area contributed by atoms with Crippen molar-refractivity contribution in [2.75, 3.05) is 0 Å². The van der Waals surface area contributed by atoms with E-state index in [4.69, 9.17) is 9.47 Å². The number of hydrogen-bond donors (Lipinski definition) is 0. The Morgan fingerprint density at radius 2 is 1.90 bits per heavy atom. The van der Waals surface area contributed by atoms with E-state index in [9.17, 15) is 4.79 Å². The third-order valence-electron chi connectivity index (χ3n) is 3.60. The Labute approximate surface area is 119 Å². The van der Waals surface area contributed by atoms with E-state index < -0.39 is 11.7 Å². The molecule has 2 saturated carbocycles. The van der Waals surface area contributed by atoms with Crippen molar-refractivity contribution in [1.29, 1.82) is 0 Å². The summed E-state index contributed by atoms with van der Waals surface area (Å²) in [5.41, 5.74) is -0.535. The zero-order valence-corrected chi connectivity index (χ0v) is 12.3. The van der Waals surface area contributed by atoms with Crippen molar-refractivity contribution in [3.63, 3.8) is 0 Å². The molecule has 1 aromatic heterocycles. The van der Waals surface area contributed by atoms with Gasteiger partial charge in [-0.25, -0.2) is 4.79 Å². The molecule has 0 aromatic carbocycles. The van der Waals surface area contributed by atoms with Crippen molar-refractivity contribution in [2.45, 2.75) is 58.2 Å². The van der Waals surface area contributed by atoms with Crippen LogP contribution in [0.3, 0.4) is 0 Å². The largest absolute Gasteiger partial charge is 0.474 e. The summed E-state index contributed by atoms with van der Waals surface area (Å²) < 4.78 is 12.6. The number of hydrogen-bond acceptors (Lipinski definition) is 4. The van der Waals surface area contributed by atoms with Gasteiger partial charge in [-0.15, -0.1) is 4.68 Å². The summed E-state index contributed by atoms with van der Waals surface area (Å²) in [5, 5.41) is 4.03. The van der Waals surface area contributed by atoms with Gasteiger partial charge in [-0.1, -0.05) is 0 Å². The molecule has 0 saturated heterocycles. The number of rotatable bonds is 4. The standard InChI is InChI=1S/C15H22N2O3/c1-15(2,3)20-14(18)17-12(8-9-16-17)19-13(10-4-5-10)11-6-7-11/h8-11,13H,4-7H2,1-3H3. The van der Waals surface area contributed by atoms with Gasteiger partial charge in [0, 0.05) is 6.07 Å². The fourth-order valence-corrected chi connectivity index (χ4v) is 2.39. The van der Waals surface area contributed by atoms with Crippen LogP contribution < -0.4 is 4.74 Å². The van der Waals surface area contributed by atoms with Gasteiger partial charge in [0.1, 0.15) is 11.7 Å². The molecule has 3 rings (SSSR count). The third-order valence-corrected chi connectivity index (χ3v) is 3.60. The van der Waals surface area contributed by atoms with Gasteiger partial charge in [-0.05, 0) is 58.3 Å². The number of carbonyl (C=O) groups is 1. The fourth-order valence-electron chi connectivity index (χ4n) is 2.39. The summed E-state index contributed by atoms with van der Waals surface area (Å²) in [5.74, 6) is 1.82. The molecule has 0 amide bonds. The first-order chi connectivity index (χ1) is 9.44. The molecular formula is C15H22N2O3. The van der Waals surface area contributed by atoms with Crippen LogP contribution in [0.5, 0.6) is 5.88 Å². The number of carbonyl (C=O) groups excluding carboxylic acids is 1. The highest BCUT2D eigenvalue weighted by Gasteiger charge is 2.43. The van der Waals surface area contributed by atoms with Crippen LogP contribution >= 0.6 is 0 Å². The van der Waals surface area contributed by atoms with Gasteiger partial charge in [-0.2, -0.15) is 5.10 Å². The predicted octanol–water partition coefficient (Wildman–Crippen LogP) is 3.23. The highest BCUT2D eigenvalue weighted by atomic mass is 16.6. The van der Waals surface area contributed by atoms with Crippen LogP contribution in [0.4, 0.5) is 4.79 Å². The maximum Gasteiger partial charge on any atom is 0.438 e. The SMILES string of the molecule is CC(C)(C)OC(=O)n1nccc1OC(C1CC1)C1CC1. The second-order valence-corrected chi connectivity index (χ2v) is 6.82. The Bertz CT molecular complexity index is 483. The maximum atomic E-state index is 12.1. The molecule has 0 bridgehead atoms. The summed E-state index contributed by atoms with van der Waals surface area (Å²) in [4.78, 5) is 12.1. The first-order valence-corrected chi connectivity index (χ1v) is 7.38. The van der Waals surface area contributed by atoms with E-state index in [0.717, 1.165) is 0 Å². The molecule has 1 aromatic rings. The van der Waals surface area contributed by atoms with Gasteiger partial charge in [0.15, 0.2) is 0 Å². The average Bonchev–Trinajstić information content (AvgIpc) is 3.23. The van der Waals surface area contributed by atoms with E-state index in [0.29, 0.717) is 17.7 Å². The Hall–Kier alpha value is -1.52. The highest BCUT2D eigenvalue weighted by Crippen LogP contribution is 2.46. The molecule has 1 heterocycles. The first kappa shape index (κ1) is 13.5. The summed E-state index contributed by atoms with van der Waals surface area (Å²) in [6.45, 7) is 5.52. The predicted molar refractivity (Wildman–Crippen MR) is 73.7 cm³/mol. The third kappa shape index (κ3) is 3.14. The van der Waals surface area contributed by atoms with Crippen LogP contribution in [0.15, 0.2) is 12.3 Å². The normalized spacial score (nSPS) is 19.2. The van der Waals surface area contributed by atoms with Crippen LogP contribution in [-0.4, -0.2) is 27.6 Å². The molecule has 5 heteroatoms. The second-order valence-electron chi connectivity index (χ2n) is 6.82. The Balaban J connectivity index is 1.71. The highest BCUT2D eigenvalue weighted by molar-refractivity contribution is 5.71. The molecule has 2 aliphatic rings. The first-order valence-electron chi connectivity index (χ1n) is 7.38. The van der Waals surface area contributed by atoms with Crippen LogP contribution in [0.2, 0.25) is 0 Å². The van der Waals surface area contributed by atoms with E-state index in [1.165, 1.54) is 30.4 Å². The topological polar surface area (TPSA) is 53.4 Å². The molecular weight excluding hydrogens is 256 g/mol. The van der Waals surface area contributed by atoms with E-state index in [2.05, 4.69) is 5.10 Å². The van der Waals surface area contributed by atoms with Crippen molar-refractivity contribution in [1.82, 2.24) is 9.78 Å². The van der Waals surface area contributed by atoms with E-state index in [1.54, 1.807) is 12.3 Å². The maximum absolute atomic E-state index is 12.1. The van der Waals surface area contributed by atoms with Gasteiger partial charge in [0.05, 0.1) is 6.20 Å². The summed E-state index contributed by atoms with van der Waals surface area (Å²) in [7, 11) is 0. The van der Waals surface area contributed by atoms with Crippen molar-refractivity contribution in [2.24, 2.45) is 11.8 Å². The average molecular weight is 278 g/mol. The minimum Gasteiger partial charge on any atom is -0.474 e. The zero-order valence-electron chi connectivity index (χ0n) is 12.3. The number of aromatic nitrogens is 2. The van der Waals surface area contributed by atoms with E-state index in [1.807, 2.05) is 20.8 Å². The lowest BCUT2D eigenvalue weighted by molar-refractivity contribution is 0.0473. The summed E-state index contributed by atoms with van der Waals surface area (Å²) >= 11 is 0. The molecule has 0 aliphatic heterocycles. The summed E-state index contributed by atoms with van der Waals surface area (Å²) in [6.07, 6.45) is 6.29. The molecule has 0 radical (unpaired) electrons. The Morgan fingerprint density at radius 1 is 1.30 bits per heavy atom. The molecule has 0 N–H and O–H groups in total. The van der Waals surface area contributed by atoms with Crippen LogP contribution in [0, 0.1) is 11.8 Å². The van der Waals surface area contributed by atoms with Crippen molar-refractivity contribution < 1.29 is 14.3 Å². The van der Waals surface area contributed by atoms with Gasteiger partial charge in [0.25, 0.3) is 0 Å². The lowest BCUT2D eigenvalue weighted by Crippen LogP contribution is -2.29. The van der Waals surface area contributed by atoms with E-state index in [-0.39, 0.29) is 6.10 Å². The molecule has 0 atom stereocenters. The number of ether oxygens (including phenoxy) is 2. The van der Waals surface area contributed by atoms with Gasteiger partial charge in [0.2, 0.25) is 5.88 Å². The lowest BCUT2D eigenvalue weighted by atomic mass is 10.1. The smallest absolute Gasteiger partial charge is 0.438 e. The quantitative estimate of drug-likeness (QED) is 0.848. The molecule has 0 spiro atoms. The van der Waals surface area contributed by atoms with Crippen LogP contribution in [0.25, 0.3) is 0 Å². The molecule has 20 heavy (non-hydrogen) atoms. The van der Waals surface area contributed by atoms with Gasteiger partial charge in [-0.3, -0.25) is 0 Å². The zero-order chi connectivity index (χ0) is 14.3. The fraction of sp³-hybridized carbons (Fsp3) is 0.733. The monoisotopic (exact) mass is 278 g/mol. The minimum atomic E-state index is -0.535. The van der Waals surface area contributed by atoms with Crippen LogP contribution in [-0.2, 0) is 4.74 Å². The number of nitrogens with zero attached hydrogens (tertiary/aromatic N) is 2. The van der Waals surface area contributed by atoms with Crippen molar-refractivity contribution >= 4 is 6.09 Å². The van der Waals surface area contributed by atoms with E-state index >= 15 is 0 Å². The molecule has 0 unspecified atom stereocenters. The van der Waals surface area contributed by atoms with Gasteiger partial charge < -0.3 is 9.47 Å². The van der Waals surface area contributed by atoms with Crippen LogP contribution in [0.1, 0.15) is 46.5 Å². The lowest BCUT2D eigenvalue weighted by Gasteiger charge is -2.21. The molecule has 5 nitrogen and oxygen atoms in total. The molecule has 2 fully saturated rings. The minimum absolute atomic E-state index is 0.243. The molecule has 2 aliphatic carbocycles. The van der Waals surface area contributed by atoms with Crippen molar-refractivity contribution in [3.05, 3.63) is 12.3 Å². The second kappa shape index (κ2) is 4.79. The Morgan fingerprint density at radius 3 is 2.40 bits per heavy atom. The van der Waals surface area contributed by atoms with Gasteiger partial charge >= 0.3 is 6.09 Å². The summed E-state index contributed by atoms with van der Waals surface area (Å²) in [6, 6.07) is 1.74. The van der Waals surface area contributed by atoms with Crippen molar-refractivity contribution in [3.8, 4) is 5.88 Å². The molecule has 110 valence electrons. The Kier molecular flexibility index (Phi) is 3.22.